The van der Waals surface area contributed by atoms with Crippen LogP contribution in [0.25, 0.3) is 11.2 Å². The zero-order chi connectivity index (χ0) is 33.5. The smallest absolute Gasteiger partial charge is 0.326 e. The van der Waals surface area contributed by atoms with Crippen molar-refractivity contribution >= 4 is 62.5 Å². The number of unbranched alkanes of at least 4 members (excludes halogenated alkanes) is 1. The van der Waals surface area contributed by atoms with E-state index in [0.717, 1.165) is 46.6 Å². The van der Waals surface area contributed by atoms with Crippen LogP contribution >= 0.6 is 27.7 Å². The number of ether oxygens (including phenoxy) is 3. The largest absolute Gasteiger partial charge is 0.454 e. The second kappa shape index (κ2) is 16.0. The molecule has 0 saturated carbocycles. The number of nitrogens with two attached hydrogens (primary N) is 3. The molecule has 2 aromatic heterocycles. The number of halogens is 1. The number of carbonyl (C=O) groups is 3. The molecular formula is C30H40BrN9O6S. The predicted molar refractivity (Wildman–Crippen MR) is 177 cm³/mol. The van der Waals surface area contributed by atoms with Gasteiger partial charge in [-0.15, -0.1) is 0 Å². The van der Waals surface area contributed by atoms with E-state index in [1.54, 1.807) is 11.8 Å². The molecule has 2 aliphatic rings. The number of imidazole rings is 1. The summed E-state index contributed by atoms with van der Waals surface area (Å²) in [4.78, 5) is 53.5. The maximum atomic E-state index is 13.0. The SMILES string of the molecule is CC(OC(=O)CNC(=O)C(N)CCCCN)C(=O)N1CCC(CCn2c(Sc3cc4c(cc3Br)OCO4)nc3c(N)ncnc32)CC1. The van der Waals surface area contributed by atoms with Gasteiger partial charge in [0.15, 0.2) is 39.7 Å². The molecule has 0 spiro atoms. The first-order valence-electron chi connectivity index (χ1n) is 15.6. The fourth-order valence-corrected chi connectivity index (χ4v) is 7.03. The number of esters is 1. The first-order valence-corrected chi connectivity index (χ1v) is 17.2. The molecule has 3 aromatic rings. The van der Waals surface area contributed by atoms with E-state index in [1.807, 2.05) is 12.1 Å². The average Bonchev–Trinajstić information content (AvgIpc) is 3.67. The highest BCUT2D eigenvalue weighted by molar-refractivity contribution is 9.10. The van der Waals surface area contributed by atoms with Crippen molar-refractivity contribution in [3.8, 4) is 11.5 Å². The number of nitrogens with zero attached hydrogens (tertiary/aromatic N) is 5. The Labute approximate surface area is 284 Å². The number of carbonyl (C=O) groups excluding carboxylic acids is 3. The number of piperidine rings is 1. The van der Waals surface area contributed by atoms with E-state index < -0.39 is 24.0 Å². The predicted octanol–water partition coefficient (Wildman–Crippen LogP) is 2.18. The standard InChI is InChI=1S/C30H40BrN9O6S/c1-17(46-24(41)14-35-28(42)20(33)4-2-3-8-32)29(43)39-9-5-18(6-10-39)7-11-40-27-25(26(34)36-15-37-27)38-30(40)47-23-13-22-21(12-19(23)31)44-16-45-22/h12-13,15,17-18,20H,2-11,14,16,32-33H2,1H3,(H,35,42)(H2,34,36,37). The molecular weight excluding hydrogens is 694 g/mol. The number of benzene rings is 1. The van der Waals surface area contributed by atoms with Crippen LogP contribution in [0, 0.1) is 5.92 Å². The van der Waals surface area contributed by atoms with Crippen molar-refractivity contribution in [2.24, 2.45) is 17.4 Å². The Morgan fingerprint density at radius 3 is 2.66 bits per heavy atom. The number of nitrogen functional groups attached to an aromatic ring is 1. The summed E-state index contributed by atoms with van der Waals surface area (Å²) in [5, 5.41) is 3.20. The maximum Gasteiger partial charge on any atom is 0.326 e. The highest BCUT2D eigenvalue weighted by Crippen LogP contribution is 2.43. The summed E-state index contributed by atoms with van der Waals surface area (Å²) in [5.74, 6) is 0.625. The zero-order valence-corrected chi connectivity index (χ0v) is 28.6. The highest BCUT2D eigenvalue weighted by atomic mass is 79.9. The fourth-order valence-electron chi connectivity index (χ4n) is 5.52. The lowest BCUT2D eigenvalue weighted by molar-refractivity contribution is -0.159. The fraction of sp³-hybridized carbons (Fsp3) is 0.533. The summed E-state index contributed by atoms with van der Waals surface area (Å²) in [7, 11) is 0. The number of amides is 2. The van der Waals surface area contributed by atoms with Gasteiger partial charge in [-0.05, 0) is 79.6 Å². The van der Waals surface area contributed by atoms with Crippen molar-refractivity contribution in [1.29, 1.82) is 0 Å². The third-order valence-electron chi connectivity index (χ3n) is 8.21. The van der Waals surface area contributed by atoms with E-state index in [9.17, 15) is 14.4 Å². The average molecular weight is 735 g/mol. The summed E-state index contributed by atoms with van der Waals surface area (Å²) >= 11 is 5.10. The monoisotopic (exact) mass is 733 g/mol. The van der Waals surface area contributed by atoms with Crippen LogP contribution in [0.2, 0.25) is 0 Å². The normalized spacial score (nSPS) is 15.9. The number of fused-ring (bicyclic) bond motifs is 2. The molecule has 47 heavy (non-hydrogen) atoms. The van der Waals surface area contributed by atoms with Crippen molar-refractivity contribution < 1.29 is 28.6 Å². The molecule has 17 heteroatoms. The van der Waals surface area contributed by atoms with Gasteiger partial charge >= 0.3 is 5.97 Å². The number of aromatic nitrogens is 4. The van der Waals surface area contributed by atoms with Gasteiger partial charge in [0.05, 0.1) is 6.04 Å². The molecule has 0 radical (unpaired) electrons. The molecule has 2 unspecified atom stereocenters. The van der Waals surface area contributed by atoms with Crippen molar-refractivity contribution in [3.63, 3.8) is 0 Å². The van der Waals surface area contributed by atoms with Gasteiger partial charge in [0.2, 0.25) is 12.7 Å². The van der Waals surface area contributed by atoms with Crippen LogP contribution in [0.3, 0.4) is 0 Å². The molecule has 2 aliphatic heterocycles. The van der Waals surface area contributed by atoms with E-state index in [-0.39, 0.29) is 19.2 Å². The third kappa shape index (κ3) is 8.63. The van der Waals surface area contributed by atoms with Crippen molar-refractivity contribution in [2.45, 2.75) is 74.2 Å². The second-order valence-electron chi connectivity index (χ2n) is 11.5. The minimum Gasteiger partial charge on any atom is -0.454 e. The molecule has 7 N–H and O–H groups in total. The number of likely N-dealkylation sites (tertiary alicyclic amines) is 1. The molecule has 1 fully saturated rings. The molecule has 1 aromatic carbocycles. The lowest BCUT2D eigenvalue weighted by atomic mass is 9.93. The number of rotatable bonds is 14. The van der Waals surface area contributed by atoms with Crippen LogP contribution < -0.4 is 32.0 Å². The summed E-state index contributed by atoms with van der Waals surface area (Å²) in [5.41, 5.74) is 18.7. The molecule has 4 heterocycles. The number of hydrogen-bond acceptors (Lipinski definition) is 13. The van der Waals surface area contributed by atoms with Crippen molar-refractivity contribution in [1.82, 2.24) is 29.7 Å². The van der Waals surface area contributed by atoms with E-state index >= 15 is 0 Å². The maximum absolute atomic E-state index is 13.0. The number of anilines is 1. The van der Waals surface area contributed by atoms with E-state index in [2.05, 4.69) is 35.8 Å². The van der Waals surface area contributed by atoms with Crippen LogP contribution in [-0.4, -0.2) is 87.3 Å². The van der Waals surface area contributed by atoms with Gasteiger partial charge in [0, 0.05) is 29.0 Å². The highest BCUT2D eigenvalue weighted by Gasteiger charge is 2.29. The van der Waals surface area contributed by atoms with Gasteiger partial charge in [-0.25, -0.2) is 15.0 Å². The van der Waals surface area contributed by atoms with E-state index in [4.69, 9.17) is 36.4 Å². The van der Waals surface area contributed by atoms with Gasteiger partial charge < -0.3 is 46.2 Å². The lowest BCUT2D eigenvalue weighted by Crippen LogP contribution is -2.46. The summed E-state index contributed by atoms with van der Waals surface area (Å²) in [6.07, 6.45) is 4.88. The van der Waals surface area contributed by atoms with Crippen LogP contribution in [0.4, 0.5) is 5.82 Å². The molecule has 0 bridgehead atoms. The van der Waals surface area contributed by atoms with E-state index in [0.29, 0.717) is 67.0 Å². The van der Waals surface area contributed by atoms with Gasteiger partial charge in [0.25, 0.3) is 5.91 Å². The summed E-state index contributed by atoms with van der Waals surface area (Å²) < 4.78 is 19.3. The molecule has 5 rings (SSSR count). The first kappa shape index (κ1) is 34.7. The molecule has 2 amide bonds. The molecule has 15 nitrogen and oxygen atoms in total. The Hall–Kier alpha value is -3.67. The minimum atomic E-state index is -0.966. The Kier molecular flexibility index (Phi) is 11.8. The Balaban J connectivity index is 1.12. The quantitative estimate of drug-likeness (QED) is 0.138. The first-order chi connectivity index (χ1) is 22.6. The van der Waals surface area contributed by atoms with Gasteiger partial charge in [-0.3, -0.25) is 14.4 Å². The van der Waals surface area contributed by atoms with Gasteiger partial charge in [0.1, 0.15) is 12.9 Å². The lowest BCUT2D eigenvalue weighted by Gasteiger charge is -2.33. The summed E-state index contributed by atoms with van der Waals surface area (Å²) in [6, 6.07) is 3.07. The molecule has 1 saturated heterocycles. The Morgan fingerprint density at radius 2 is 1.91 bits per heavy atom. The topological polar surface area (TPSA) is 216 Å². The summed E-state index contributed by atoms with van der Waals surface area (Å²) in [6.45, 7) is 3.64. The molecule has 0 aliphatic carbocycles. The minimum absolute atomic E-state index is 0.181. The molecule has 254 valence electrons. The van der Waals surface area contributed by atoms with Crippen molar-refractivity contribution in [2.75, 3.05) is 38.7 Å². The number of hydrogen-bond donors (Lipinski definition) is 4. The second-order valence-corrected chi connectivity index (χ2v) is 13.4. The zero-order valence-electron chi connectivity index (χ0n) is 26.2. The van der Waals surface area contributed by atoms with Crippen LogP contribution in [0.1, 0.15) is 45.4 Å². The van der Waals surface area contributed by atoms with Gasteiger partial charge in [-0.2, -0.15) is 0 Å². The number of nitrogens with one attached hydrogen (secondary N) is 1. The third-order valence-corrected chi connectivity index (χ3v) is 10.2. The van der Waals surface area contributed by atoms with Gasteiger partial charge in [-0.1, -0.05) is 18.2 Å². The van der Waals surface area contributed by atoms with E-state index in [1.165, 1.54) is 18.1 Å². The van der Waals surface area contributed by atoms with Crippen LogP contribution in [-0.2, 0) is 25.7 Å². The van der Waals surface area contributed by atoms with Crippen molar-refractivity contribution in [3.05, 3.63) is 22.9 Å². The van der Waals surface area contributed by atoms with Crippen LogP contribution in [0.15, 0.2) is 33.0 Å². The molecule has 2 atom stereocenters. The number of aryl methyl sites for hydroxylation is 1. The Bertz CT molecular complexity index is 1600. The van der Waals surface area contributed by atoms with Crippen LogP contribution in [0.5, 0.6) is 11.5 Å². The Morgan fingerprint density at radius 1 is 1.17 bits per heavy atom.